The van der Waals surface area contributed by atoms with Crippen LogP contribution in [-0.2, 0) is 43.3 Å². The van der Waals surface area contributed by atoms with Crippen LogP contribution in [0.2, 0.25) is 0 Å². The topological polar surface area (TPSA) is 29.3 Å². The summed E-state index contributed by atoms with van der Waals surface area (Å²) in [4.78, 5) is 2.44. The summed E-state index contributed by atoms with van der Waals surface area (Å²) in [5.74, 6) is 0. The van der Waals surface area contributed by atoms with E-state index in [1.807, 2.05) is 6.07 Å². The third-order valence-corrected chi connectivity index (χ3v) is 20.1. The number of anilines is 4. The second-order valence-electron chi connectivity index (χ2n) is 33.7. The van der Waals surface area contributed by atoms with E-state index in [9.17, 15) is 0 Å². The molecule has 0 bridgehead atoms. The van der Waals surface area contributed by atoms with Crippen molar-refractivity contribution in [2.45, 2.75) is 196 Å². The van der Waals surface area contributed by atoms with Crippen molar-refractivity contribution in [2.75, 3.05) is 10.6 Å². The van der Waals surface area contributed by atoms with E-state index in [0.29, 0.717) is 0 Å². The SMILES string of the molecule is CC(C)(C)c1cc(-c2ccc(Br)cc2)cc(C(C)(C)C)c1.CC(C)(C)c1cc(-c2ccc(N(c3ccc(-c4cc(C(C)(C)C)cc(C(C)(C)C)c4)cc3)c3ccc4c(c3)C(C)(C)c3ccccc3-4)cc2)cc(C(C)(C)C)c1.CC1(C)c2ccccc2-c2ccc(N)cc21. The molecule has 10 aromatic rings. The Morgan fingerprint density at radius 2 is 0.538 bits per heavy atom. The number of nitrogens with two attached hydrogens (primary N) is 1. The van der Waals surface area contributed by atoms with Crippen molar-refractivity contribution in [3.05, 3.63) is 272 Å². The van der Waals surface area contributed by atoms with E-state index in [1.165, 1.54) is 117 Å². The Kier molecular flexibility index (Phi) is 18.2. The molecule has 10 aromatic carbocycles. The smallest absolute Gasteiger partial charge is 0.0465 e. The molecule has 2 aliphatic rings. The molecule has 2 N–H and O–H groups in total. The van der Waals surface area contributed by atoms with Crippen molar-refractivity contribution in [3.63, 3.8) is 0 Å². The summed E-state index contributed by atoms with van der Waals surface area (Å²) in [6, 6.07) is 79.2. The molecule has 12 rings (SSSR count). The predicted molar refractivity (Wildman–Crippen MR) is 410 cm³/mol. The van der Waals surface area contributed by atoms with Crippen molar-refractivity contribution in [2.24, 2.45) is 0 Å². The van der Waals surface area contributed by atoms with E-state index >= 15 is 0 Å². The molecule has 3 heteroatoms. The quantitative estimate of drug-likeness (QED) is 0.168. The zero-order valence-corrected chi connectivity index (χ0v) is 61.7. The van der Waals surface area contributed by atoms with E-state index in [-0.39, 0.29) is 43.3 Å². The van der Waals surface area contributed by atoms with Gasteiger partial charge in [0.25, 0.3) is 0 Å². The predicted octanol–water partition coefficient (Wildman–Crippen LogP) is 26.3. The van der Waals surface area contributed by atoms with Gasteiger partial charge in [0.2, 0.25) is 0 Å². The minimum atomic E-state index is -0.0903. The Morgan fingerprint density at radius 3 is 0.860 bits per heavy atom. The second-order valence-corrected chi connectivity index (χ2v) is 34.6. The molecule has 0 saturated carbocycles. The Bertz CT molecular complexity index is 4140. The zero-order valence-electron chi connectivity index (χ0n) is 60.1. The van der Waals surface area contributed by atoms with Crippen LogP contribution in [0.4, 0.5) is 22.7 Å². The third kappa shape index (κ3) is 14.5. The van der Waals surface area contributed by atoms with Crippen LogP contribution >= 0.6 is 15.9 Å². The van der Waals surface area contributed by atoms with Gasteiger partial charge >= 0.3 is 0 Å². The maximum Gasteiger partial charge on any atom is 0.0465 e. The number of hydrogen-bond acceptors (Lipinski definition) is 2. The summed E-state index contributed by atoms with van der Waals surface area (Å²) < 4.78 is 1.12. The standard InChI is InChI=1S/C55H63N.C20H25Br.C15H15N/c1-51(2,3)40-29-38(30-41(33-40)52(4,5)6)36-19-23-44(24-20-36)56(46-27-28-48-47-17-15-16-18-49(47)55(13,14)50(48)35-46)45-25-21-37(22-26-45)39-31-42(53(7,8)9)34-43(32-39)54(10,11)12;1-19(2,3)16-11-15(12-17(13-16)20(4,5)6)14-7-9-18(21)10-8-14;1-15(2)13-6-4-3-5-11(13)12-8-7-10(16)9-14(12)15/h15-35H,1-14H3;7-13H,1-6H3;3-9H,16H2,1-2H3. The fourth-order valence-electron chi connectivity index (χ4n) is 13.2. The molecule has 2 nitrogen and oxygen atoms in total. The average Bonchev–Trinajstić information content (AvgIpc) is 1.61. The van der Waals surface area contributed by atoms with Crippen LogP contribution in [0, 0.1) is 0 Å². The van der Waals surface area contributed by atoms with Crippen LogP contribution in [-0.4, -0.2) is 0 Å². The van der Waals surface area contributed by atoms with E-state index in [1.54, 1.807) is 0 Å². The van der Waals surface area contributed by atoms with Gasteiger partial charge in [-0.05, 0) is 204 Å². The molecule has 0 radical (unpaired) electrons. The lowest BCUT2D eigenvalue weighted by molar-refractivity contribution is 0.568. The molecule has 0 fully saturated rings. The first-order valence-corrected chi connectivity index (χ1v) is 34.5. The molecule has 0 saturated heterocycles. The van der Waals surface area contributed by atoms with E-state index in [0.717, 1.165) is 21.5 Å². The van der Waals surface area contributed by atoms with Crippen molar-refractivity contribution >= 4 is 38.7 Å². The zero-order chi connectivity index (χ0) is 67.8. The minimum Gasteiger partial charge on any atom is -0.399 e. The number of nitrogen functional groups attached to an aromatic ring is 1. The summed E-state index contributed by atoms with van der Waals surface area (Å²) in [5.41, 5.74) is 37.4. The molecule has 0 aliphatic heterocycles. The highest BCUT2D eigenvalue weighted by molar-refractivity contribution is 9.10. The number of benzene rings is 10. The molecule has 0 heterocycles. The molecule has 0 atom stereocenters. The number of halogens is 1. The molecule has 480 valence electrons. The monoisotopic (exact) mass is 1290 g/mol. The van der Waals surface area contributed by atoms with Crippen molar-refractivity contribution in [3.8, 4) is 55.6 Å². The lowest BCUT2D eigenvalue weighted by atomic mass is 9.79. The fraction of sp³-hybridized carbons (Fsp3) is 0.333. The first kappa shape index (κ1) is 68.1. The molecule has 93 heavy (non-hydrogen) atoms. The van der Waals surface area contributed by atoms with Crippen LogP contribution < -0.4 is 10.6 Å². The molecular weight excluding hydrogens is 1190 g/mol. The maximum absolute atomic E-state index is 5.89. The van der Waals surface area contributed by atoms with Gasteiger partial charge in [0.1, 0.15) is 0 Å². The van der Waals surface area contributed by atoms with Crippen LogP contribution in [0.1, 0.15) is 208 Å². The Morgan fingerprint density at radius 1 is 0.269 bits per heavy atom. The fourth-order valence-corrected chi connectivity index (χ4v) is 13.5. The van der Waals surface area contributed by atoms with Gasteiger partial charge in [-0.15, -0.1) is 0 Å². The highest BCUT2D eigenvalue weighted by atomic mass is 79.9. The minimum absolute atomic E-state index is 0.0578. The summed E-state index contributed by atoms with van der Waals surface area (Å²) in [6.07, 6.45) is 0. The summed E-state index contributed by atoms with van der Waals surface area (Å²) >= 11 is 3.51. The maximum atomic E-state index is 5.89. The number of nitrogens with zero attached hydrogens (tertiary/aromatic N) is 1. The number of fused-ring (bicyclic) bond motifs is 6. The highest BCUT2D eigenvalue weighted by Crippen LogP contribution is 2.52. The average molecular weight is 1290 g/mol. The highest BCUT2D eigenvalue weighted by Gasteiger charge is 2.37. The van der Waals surface area contributed by atoms with Crippen LogP contribution in [0.15, 0.2) is 217 Å². The molecular formula is C90H103BrN2. The van der Waals surface area contributed by atoms with Gasteiger partial charge < -0.3 is 10.6 Å². The van der Waals surface area contributed by atoms with Gasteiger partial charge in [-0.3, -0.25) is 0 Å². The third-order valence-electron chi connectivity index (χ3n) is 19.5. The van der Waals surface area contributed by atoms with E-state index in [4.69, 9.17) is 5.73 Å². The summed E-state index contributed by atoms with van der Waals surface area (Å²) in [5, 5.41) is 0. The normalized spacial score (nSPS) is 14.0. The van der Waals surface area contributed by atoms with Gasteiger partial charge in [0.05, 0.1) is 0 Å². The van der Waals surface area contributed by atoms with E-state index in [2.05, 4.69) is 379 Å². The number of rotatable bonds is 6. The molecule has 0 unspecified atom stereocenters. The Hall–Kier alpha value is -7.72. The lowest BCUT2D eigenvalue weighted by Crippen LogP contribution is -2.17. The van der Waals surface area contributed by atoms with Crippen molar-refractivity contribution < 1.29 is 0 Å². The van der Waals surface area contributed by atoms with Crippen LogP contribution in [0.5, 0.6) is 0 Å². The van der Waals surface area contributed by atoms with Gasteiger partial charge in [0, 0.05) is 38.1 Å². The lowest BCUT2D eigenvalue weighted by Gasteiger charge is -2.29. The van der Waals surface area contributed by atoms with Gasteiger partial charge in [-0.1, -0.05) is 320 Å². The van der Waals surface area contributed by atoms with E-state index < -0.39 is 0 Å². The largest absolute Gasteiger partial charge is 0.399 e. The molecule has 0 amide bonds. The van der Waals surface area contributed by atoms with Gasteiger partial charge in [0.15, 0.2) is 0 Å². The van der Waals surface area contributed by atoms with Crippen molar-refractivity contribution in [1.29, 1.82) is 0 Å². The van der Waals surface area contributed by atoms with Crippen LogP contribution in [0.3, 0.4) is 0 Å². The first-order valence-electron chi connectivity index (χ1n) is 33.7. The van der Waals surface area contributed by atoms with Gasteiger partial charge in [-0.25, -0.2) is 0 Å². The first-order chi connectivity index (χ1) is 43.2. The molecule has 0 aromatic heterocycles. The van der Waals surface area contributed by atoms with Gasteiger partial charge in [-0.2, -0.15) is 0 Å². The second kappa shape index (κ2) is 24.9. The van der Waals surface area contributed by atoms with Crippen LogP contribution in [0.25, 0.3) is 55.6 Å². The molecule has 2 aliphatic carbocycles. The summed E-state index contributed by atoms with van der Waals surface area (Å²) in [7, 11) is 0. The number of hydrogen-bond donors (Lipinski definition) is 1. The molecule has 0 spiro atoms. The van der Waals surface area contributed by atoms with Crippen molar-refractivity contribution in [1.82, 2.24) is 0 Å². The summed E-state index contributed by atoms with van der Waals surface area (Å²) in [6.45, 7) is 50.7. The Balaban J connectivity index is 0.000000205. The Labute approximate surface area is 569 Å².